The van der Waals surface area contributed by atoms with E-state index in [1.807, 2.05) is 19.3 Å². The van der Waals surface area contributed by atoms with Crippen molar-refractivity contribution in [3.8, 4) is 16.9 Å². The second kappa shape index (κ2) is 8.71. The molecule has 0 spiro atoms. The highest BCUT2D eigenvalue weighted by Gasteiger charge is 2.09. The van der Waals surface area contributed by atoms with Gasteiger partial charge in [0.25, 0.3) is 0 Å². The third kappa shape index (κ3) is 4.09. The van der Waals surface area contributed by atoms with Gasteiger partial charge in [-0.2, -0.15) is 0 Å². The van der Waals surface area contributed by atoms with E-state index in [2.05, 4.69) is 88.4 Å². The topological polar surface area (TPSA) is 46.0 Å². The fourth-order valence-electron chi connectivity index (χ4n) is 3.60. The highest BCUT2D eigenvalue weighted by molar-refractivity contribution is 7.14. The van der Waals surface area contributed by atoms with E-state index < -0.39 is 0 Å². The van der Waals surface area contributed by atoms with E-state index in [0.29, 0.717) is 0 Å². The highest BCUT2D eigenvalue weighted by Crippen LogP contribution is 2.30. The maximum absolute atomic E-state index is 4.79. The molecule has 0 bridgehead atoms. The molecule has 0 radical (unpaired) electrons. The molecule has 2 aromatic heterocycles. The van der Waals surface area contributed by atoms with Crippen molar-refractivity contribution >= 4 is 27.8 Å². The van der Waals surface area contributed by atoms with Crippen molar-refractivity contribution in [3.63, 3.8) is 0 Å². The number of anilines is 3. The van der Waals surface area contributed by atoms with Gasteiger partial charge in [0, 0.05) is 53.5 Å². The Morgan fingerprint density at radius 3 is 2.43 bits per heavy atom. The van der Waals surface area contributed by atoms with Gasteiger partial charge in [-0.15, -0.1) is 11.3 Å². The summed E-state index contributed by atoms with van der Waals surface area (Å²) in [4.78, 5) is 11.4. The summed E-state index contributed by atoms with van der Waals surface area (Å²) < 4.78 is 2.07. The van der Waals surface area contributed by atoms with Crippen molar-refractivity contribution in [2.45, 2.75) is 27.7 Å². The summed E-state index contributed by atoms with van der Waals surface area (Å²) in [5.41, 5.74) is 6.76. The zero-order valence-corrected chi connectivity index (χ0v) is 18.7. The van der Waals surface area contributed by atoms with Crippen molar-refractivity contribution in [3.05, 3.63) is 71.6 Å². The first-order chi connectivity index (χ1) is 14.6. The molecule has 0 aliphatic carbocycles. The van der Waals surface area contributed by atoms with Crippen LogP contribution in [-0.4, -0.2) is 27.6 Å². The summed E-state index contributed by atoms with van der Waals surface area (Å²) >= 11 is 1.62. The van der Waals surface area contributed by atoms with Gasteiger partial charge in [-0.1, -0.05) is 12.1 Å². The lowest BCUT2D eigenvalue weighted by Crippen LogP contribution is -2.21. The van der Waals surface area contributed by atoms with E-state index in [9.17, 15) is 0 Å². The number of aryl methyl sites for hydroxylation is 2. The molecule has 2 heterocycles. The summed E-state index contributed by atoms with van der Waals surface area (Å²) in [7, 11) is 0. The van der Waals surface area contributed by atoms with Gasteiger partial charge in [0.1, 0.15) is 5.82 Å². The normalized spacial score (nSPS) is 10.9. The van der Waals surface area contributed by atoms with Crippen molar-refractivity contribution in [1.29, 1.82) is 0 Å². The first-order valence-corrected chi connectivity index (χ1v) is 11.2. The van der Waals surface area contributed by atoms with Crippen LogP contribution in [0.25, 0.3) is 16.9 Å². The smallest absolute Gasteiger partial charge is 0.187 e. The second-order valence-electron chi connectivity index (χ2n) is 7.23. The maximum Gasteiger partial charge on any atom is 0.187 e. The van der Waals surface area contributed by atoms with E-state index in [4.69, 9.17) is 4.98 Å². The Hall–Kier alpha value is -3.12. The van der Waals surface area contributed by atoms with Crippen LogP contribution in [0, 0.1) is 13.8 Å². The molecule has 0 saturated heterocycles. The maximum atomic E-state index is 4.79. The predicted molar refractivity (Wildman–Crippen MR) is 127 cm³/mol. The first-order valence-electron chi connectivity index (χ1n) is 10.3. The van der Waals surface area contributed by atoms with Gasteiger partial charge in [-0.3, -0.25) is 0 Å². The number of nitrogens with one attached hydrogen (secondary N) is 1. The molecule has 0 aliphatic heterocycles. The quantitative estimate of drug-likeness (QED) is 0.389. The third-order valence-corrected chi connectivity index (χ3v) is 6.11. The van der Waals surface area contributed by atoms with Crippen LogP contribution < -0.4 is 10.2 Å². The third-order valence-electron chi connectivity index (χ3n) is 5.35. The number of hydrogen-bond donors (Lipinski definition) is 1. The molecule has 0 fully saturated rings. The molecule has 154 valence electrons. The van der Waals surface area contributed by atoms with Crippen LogP contribution in [0.15, 0.2) is 60.2 Å². The fourth-order valence-corrected chi connectivity index (χ4v) is 4.33. The Labute approximate surface area is 182 Å². The van der Waals surface area contributed by atoms with Crippen LogP contribution in [0.2, 0.25) is 0 Å². The van der Waals surface area contributed by atoms with Crippen LogP contribution >= 0.6 is 11.3 Å². The van der Waals surface area contributed by atoms with Gasteiger partial charge in [-0.05, 0) is 63.6 Å². The number of thiazole rings is 1. The molecular formula is C24H27N5S. The van der Waals surface area contributed by atoms with Crippen molar-refractivity contribution in [2.75, 3.05) is 23.3 Å². The molecule has 0 atom stereocenters. The molecule has 4 aromatic rings. The average Bonchev–Trinajstić information content (AvgIpc) is 3.40. The van der Waals surface area contributed by atoms with E-state index in [-0.39, 0.29) is 0 Å². The number of rotatable bonds is 7. The molecule has 0 unspecified atom stereocenters. The lowest BCUT2D eigenvalue weighted by molar-refractivity contribution is 0.866. The first kappa shape index (κ1) is 20.2. The van der Waals surface area contributed by atoms with E-state index >= 15 is 0 Å². The summed E-state index contributed by atoms with van der Waals surface area (Å²) in [5.74, 6) is 0.977. The molecule has 0 amide bonds. The molecule has 5 nitrogen and oxygen atoms in total. The number of nitrogens with zero attached hydrogens (tertiary/aromatic N) is 4. The van der Waals surface area contributed by atoms with Gasteiger partial charge < -0.3 is 14.8 Å². The van der Waals surface area contributed by atoms with Crippen LogP contribution in [0.1, 0.15) is 25.2 Å². The molecule has 1 N–H and O–H groups in total. The number of benzene rings is 2. The second-order valence-corrected chi connectivity index (χ2v) is 8.08. The largest absolute Gasteiger partial charge is 0.372 e. The van der Waals surface area contributed by atoms with Gasteiger partial charge >= 0.3 is 0 Å². The summed E-state index contributed by atoms with van der Waals surface area (Å²) in [5, 5.41) is 6.48. The highest BCUT2D eigenvalue weighted by atomic mass is 32.1. The van der Waals surface area contributed by atoms with Gasteiger partial charge in [0.05, 0.1) is 5.69 Å². The lowest BCUT2D eigenvalue weighted by Gasteiger charge is -2.22. The Morgan fingerprint density at radius 1 is 1.03 bits per heavy atom. The molecular weight excluding hydrogens is 390 g/mol. The molecule has 2 aromatic carbocycles. The summed E-state index contributed by atoms with van der Waals surface area (Å²) in [6.45, 7) is 10.5. The van der Waals surface area contributed by atoms with Crippen LogP contribution in [-0.2, 0) is 0 Å². The molecule has 30 heavy (non-hydrogen) atoms. The Balaban J connectivity index is 1.50. The zero-order valence-electron chi connectivity index (χ0n) is 17.9. The monoisotopic (exact) mass is 417 g/mol. The van der Waals surface area contributed by atoms with Gasteiger partial charge in [-0.25, -0.2) is 9.97 Å². The van der Waals surface area contributed by atoms with Gasteiger partial charge in [0.15, 0.2) is 5.13 Å². The average molecular weight is 418 g/mol. The Morgan fingerprint density at radius 2 is 1.80 bits per heavy atom. The van der Waals surface area contributed by atoms with E-state index in [0.717, 1.165) is 46.7 Å². The van der Waals surface area contributed by atoms with Crippen LogP contribution in [0.4, 0.5) is 16.5 Å². The Kier molecular flexibility index (Phi) is 5.86. The van der Waals surface area contributed by atoms with Crippen molar-refractivity contribution in [1.82, 2.24) is 14.5 Å². The lowest BCUT2D eigenvalue weighted by atomic mass is 10.1. The number of imidazole rings is 1. The van der Waals surface area contributed by atoms with E-state index in [1.54, 1.807) is 11.3 Å². The zero-order chi connectivity index (χ0) is 21.1. The minimum atomic E-state index is 0.901. The molecule has 0 saturated carbocycles. The molecule has 4 rings (SSSR count). The van der Waals surface area contributed by atoms with Crippen molar-refractivity contribution < 1.29 is 0 Å². The predicted octanol–water partition coefficient (Wildman–Crippen LogP) is 6.20. The number of aromatic nitrogens is 3. The summed E-state index contributed by atoms with van der Waals surface area (Å²) in [6, 6.07) is 15.0. The minimum Gasteiger partial charge on any atom is -0.372 e. The fraction of sp³-hybridized carbons (Fsp3) is 0.250. The molecule has 0 aliphatic rings. The van der Waals surface area contributed by atoms with Crippen LogP contribution in [0.5, 0.6) is 0 Å². The van der Waals surface area contributed by atoms with Crippen LogP contribution in [0.3, 0.4) is 0 Å². The molecule has 6 heteroatoms. The SMILES string of the molecule is CCN(CC)c1ccc(Nc2nc(-c3ccc(-n4ccnc4C)cc3)cs2)c(C)c1. The standard InChI is InChI=1S/C24H27N5S/c1-5-28(6-2)21-11-12-22(17(3)15-21)26-24-27-23(16-30-24)19-7-9-20(10-8-19)29-14-13-25-18(29)4/h7-16H,5-6H2,1-4H3,(H,26,27). The Bertz CT molecular complexity index is 1120. The minimum absolute atomic E-state index is 0.901. The van der Waals surface area contributed by atoms with E-state index in [1.165, 1.54) is 11.3 Å². The van der Waals surface area contributed by atoms with Gasteiger partial charge in [0.2, 0.25) is 0 Å². The number of hydrogen-bond acceptors (Lipinski definition) is 5. The van der Waals surface area contributed by atoms with Crippen molar-refractivity contribution in [2.24, 2.45) is 0 Å². The summed E-state index contributed by atoms with van der Waals surface area (Å²) in [6.07, 6.45) is 3.79.